The molecule has 2 heteroatoms. The summed E-state index contributed by atoms with van der Waals surface area (Å²) in [6.07, 6.45) is 9.06. The van der Waals surface area contributed by atoms with Gasteiger partial charge in [-0.2, -0.15) is 0 Å². The molecule has 0 atom stereocenters. The summed E-state index contributed by atoms with van der Waals surface area (Å²) in [4.78, 5) is 8.23. The molecule has 0 saturated heterocycles. The van der Waals surface area contributed by atoms with Crippen LogP contribution in [0.15, 0.2) is 47.2 Å². The second-order valence-corrected chi connectivity index (χ2v) is 2.46. The summed E-state index contributed by atoms with van der Waals surface area (Å²) in [5.41, 5.74) is 1.70. The van der Waals surface area contributed by atoms with Crippen molar-refractivity contribution in [2.75, 3.05) is 0 Å². The quantitative estimate of drug-likeness (QED) is 0.567. The van der Waals surface area contributed by atoms with Crippen molar-refractivity contribution in [3.63, 3.8) is 0 Å². The van der Waals surface area contributed by atoms with E-state index in [-0.39, 0.29) is 0 Å². The van der Waals surface area contributed by atoms with E-state index in [1.165, 1.54) is 0 Å². The molecule has 0 unspecified atom stereocenters. The zero-order valence-corrected chi connectivity index (χ0v) is 7.03. The van der Waals surface area contributed by atoms with E-state index in [0.29, 0.717) is 0 Å². The topological polar surface area (TPSA) is 24.7 Å². The Morgan fingerprint density at radius 1 is 1.67 bits per heavy atom. The van der Waals surface area contributed by atoms with E-state index in [0.717, 1.165) is 24.3 Å². The average Bonchev–Trinajstić information content (AvgIpc) is 2.15. The van der Waals surface area contributed by atoms with Crippen LogP contribution in [0.3, 0.4) is 0 Å². The predicted molar refractivity (Wildman–Crippen MR) is 53.6 cm³/mol. The normalized spacial score (nSPS) is 16.2. The smallest absolute Gasteiger partial charge is 0.0772 e. The number of hydrogen-bond acceptors (Lipinski definition) is 2. The van der Waals surface area contributed by atoms with Crippen LogP contribution < -0.4 is 0 Å². The van der Waals surface area contributed by atoms with Crippen LogP contribution in [0.5, 0.6) is 0 Å². The molecule has 1 aliphatic rings. The molecule has 0 fully saturated rings. The molecule has 62 valence electrons. The summed E-state index contributed by atoms with van der Waals surface area (Å²) in [5, 5.41) is 0. The molecule has 0 spiro atoms. The molecule has 0 saturated carbocycles. The zero-order chi connectivity index (χ0) is 8.81. The van der Waals surface area contributed by atoms with Crippen LogP contribution in [0.2, 0.25) is 0 Å². The minimum Gasteiger partial charge on any atom is -0.259 e. The van der Waals surface area contributed by atoms with Gasteiger partial charge in [-0.1, -0.05) is 25.3 Å². The highest BCUT2D eigenvalue weighted by Crippen LogP contribution is 2.09. The fraction of sp³-hybridized carbons (Fsp3) is 0.200. The lowest BCUT2D eigenvalue weighted by Gasteiger charge is -2.05. The Hall–Kier alpha value is -1.44. The summed E-state index contributed by atoms with van der Waals surface area (Å²) in [5.74, 6) is 0. The molecular formula is C10H12N2. The van der Waals surface area contributed by atoms with Crippen molar-refractivity contribution in [2.45, 2.75) is 12.8 Å². The summed E-state index contributed by atoms with van der Waals surface area (Å²) in [6.45, 7) is 7.34. The van der Waals surface area contributed by atoms with Gasteiger partial charge in [-0.15, -0.1) is 0 Å². The van der Waals surface area contributed by atoms with Gasteiger partial charge < -0.3 is 0 Å². The van der Waals surface area contributed by atoms with E-state index >= 15 is 0 Å². The summed E-state index contributed by atoms with van der Waals surface area (Å²) >= 11 is 0. The summed E-state index contributed by atoms with van der Waals surface area (Å²) in [7, 11) is 0. The molecule has 0 radical (unpaired) electrons. The van der Waals surface area contributed by atoms with Gasteiger partial charge >= 0.3 is 0 Å². The van der Waals surface area contributed by atoms with Gasteiger partial charge in [0, 0.05) is 12.4 Å². The van der Waals surface area contributed by atoms with Crippen molar-refractivity contribution in [2.24, 2.45) is 9.98 Å². The van der Waals surface area contributed by atoms with Gasteiger partial charge in [-0.05, 0) is 12.8 Å². The van der Waals surface area contributed by atoms with E-state index in [2.05, 4.69) is 23.1 Å². The van der Waals surface area contributed by atoms with E-state index in [1.54, 1.807) is 18.5 Å². The molecule has 0 aliphatic carbocycles. The monoisotopic (exact) mass is 160 g/mol. The van der Waals surface area contributed by atoms with E-state index in [4.69, 9.17) is 0 Å². The first kappa shape index (κ1) is 8.65. The second-order valence-electron chi connectivity index (χ2n) is 2.46. The van der Waals surface area contributed by atoms with Crippen molar-refractivity contribution in [1.29, 1.82) is 0 Å². The SMILES string of the molecule is C=C/C=N\C(=C)C1=NC=CCC1. The highest BCUT2D eigenvalue weighted by Gasteiger charge is 2.03. The highest BCUT2D eigenvalue weighted by atomic mass is 14.8. The first-order valence-electron chi connectivity index (χ1n) is 3.90. The molecule has 1 aliphatic heterocycles. The van der Waals surface area contributed by atoms with Crippen LogP contribution in [0, 0.1) is 0 Å². The molecule has 1 rings (SSSR count). The molecule has 0 bridgehead atoms. The molecule has 0 aromatic rings. The van der Waals surface area contributed by atoms with Crippen LogP contribution in [0.4, 0.5) is 0 Å². The Labute approximate surface area is 72.7 Å². The Morgan fingerprint density at radius 3 is 3.08 bits per heavy atom. The van der Waals surface area contributed by atoms with E-state index < -0.39 is 0 Å². The largest absolute Gasteiger partial charge is 0.259 e. The fourth-order valence-corrected chi connectivity index (χ4v) is 0.938. The third-order valence-electron chi connectivity index (χ3n) is 1.55. The summed E-state index contributed by atoms with van der Waals surface area (Å²) < 4.78 is 0. The standard InChI is InChI=1S/C10H12N2/c1-3-7-11-9(2)10-6-4-5-8-12-10/h3,5,7-8H,1-2,4,6H2/b11-7-. The Balaban J connectivity index is 2.63. The van der Waals surface area contributed by atoms with Gasteiger partial charge in [0.2, 0.25) is 0 Å². The number of nitrogens with zero attached hydrogens (tertiary/aromatic N) is 2. The molecule has 0 aromatic carbocycles. The van der Waals surface area contributed by atoms with Crippen molar-refractivity contribution in [3.05, 3.63) is 37.2 Å². The van der Waals surface area contributed by atoms with Gasteiger partial charge in [-0.3, -0.25) is 9.98 Å². The first-order chi connectivity index (χ1) is 5.84. The minimum atomic E-state index is 0.735. The molecule has 1 heterocycles. The van der Waals surface area contributed by atoms with Gasteiger partial charge in [0.25, 0.3) is 0 Å². The predicted octanol–water partition coefficient (Wildman–Crippen LogP) is 2.51. The van der Waals surface area contributed by atoms with Crippen LogP contribution in [0.25, 0.3) is 0 Å². The van der Waals surface area contributed by atoms with Gasteiger partial charge in [0.1, 0.15) is 0 Å². The summed E-state index contributed by atoms with van der Waals surface area (Å²) in [6, 6.07) is 0. The van der Waals surface area contributed by atoms with Gasteiger partial charge in [0.05, 0.1) is 11.4 Å². The molecule has 12 heavy (non-hydrogen) atoms. The third kappa shape index (κ3) is 2.31. The lowest BCUT2D eigenvalue weighted by atomic mass is 10.1. The number of rotatable bonds is 3. The van der Waals surface area contributed by atoms with Crippen molar-refractivity contribution in [3.8, 4) is 0 Å². The number of aliphatic imine (C=N–C) groups is 2. The van der Waals surface area contributed by atoms with Crippen LogP contribution in [-0.4, -0.2) is 11.9 Å². The fourth-order valence-electron chi connectivity index (χ4n) is 0.938. The Bertz CT molecular complexity index is 270. The van der Waals surface area contributed by atoms with Crippen LogP contribution in [-0.2, 0) is 0 Å². The molecule has 0 N–H and O–H groups in total. The van der Waals surface area contributed by atoms with E-state index in [1.807, 2.05) is 6.08 Å². The molecular weight excluding hydrogens is 148 g/mol. The van der Waals surface area contributed by atoms with Crippen LogP contribution in [0.1, 0.15) is 12.8 Å². The number of allylic oxidation sites excluding steroid dienone is 3. The highest BCUT2D eigenvalue weighted by molar-refractivity contribution is 6.01. The van der Waals surface area contributed by atoms with Crippen LogP contribution >= 0.6 is 0 Å². The maximum Gasteiger partial charge on any atom is 0.0772 e. The lowest BCUT2D eigenvalue weighted by molar-refractivity contribution is 1.05. The van der Waals surface area contributed by atoms with Gasteiger partial charge in [0.15, 0.2) is 0 Å². The number of hydrogen-bond donors (Lipinski definition) is 0. The molecule has 2 nitrogen and oxygen atoms in total. The molecule has 0 amide bonds. The van der Waals surface area contributed by atoms with Gasteiger partial charge in [-0.25, -0.2) is 0 Å². The molecule has 0 aromatic heterocycles. The Morgan fingerprint density at radius 2 is 2.50 bits per heavy atom. The maximum atomic E-state index is 4.17. The van der Waals surface area contributed by atoms with Crippen molar-refractivity contribution >= 4 is 11.9 Å². The minimum absolute atomic E-state index is 0.735. The first-order valence-corrected chi connectivity index (χ1v) is 3.90. The zero-order valence-electron chi connectivity index (χ0n) is 7.03. The maximum absolute atomic E-state index is 4.17. The van der Waals surface area contributed by atoms with Crippen molar-refractivity contribution < 1.29 is 0 Å². The van der Waals surface area contributed by atoms with Crippen molar-refractivity contribution in [1.82, 2.24) is 0 Å². The van der Waals surface area contributed by atoms with E-state index in [9.17, 15) is 0 Å². The Kier molecular flexibility index (Phi) is 3.20. The lowest BCUT2D eigenvalue weighted by Crippen LogP contribution is -2.01. The average molecular weight is 160 g/mol. The second kappa shape index (κ2) is 4.44. The third-order valence-corrected chi connectivity index (χ3v) is 1.55.